The van der Waals surface area contributed by atoms with E-state index in [0.717, 1.165) is 16.6 Å². The number of aromatic nitrogens is 2. The van der Waals surface area contributed by atoms with E-state index in [-0.39, 0.29) is 11.8 Å². The van der Waals surface area contributed by atoms with Crippen molar-refractivity contribution in [1.29, 1.82) is 0 Å². The molecule has 0 unspecified atom stereocenters. The van der Waals surface area contributed by atoms with Gasteiger partial charge in [0.2, 0.25) is 0 Å². The van der Waals surface area contributed by atoms with Crippen molar-refractivity contribution in [2.45, 2.75) is 26.4 Å². The van der Waals surface area contributed by atoms with Gasteiger partial charge in [-0.1, -0.05) is 32.0 Å². The van der Waals surface area contributed by atoms with Crippen molar-refractivity contribution >= 4 is 22.6 Å². The number of hydrogen-bond donors (Lipinski definition) is 1. The van der Waals surface area contributed by atoms with Crippen LogP contribution in [0.5, 0.6) is 0 Å². The Bertz CT molecular complexity index is 1030. The molecule has 0 radical (unpaired) electrons. The molecular weight excluding hydrogens is 371 g/mol. The van der Waals surface area contributed by atoms with E-state index < -0.39 is 6.10 Å². The summed E-state index contributed by atoms with van der Waals surface area (Å²) in [5.41, 5.74) is 1.85. The van der Waals surface area contributed by atoms with Crippen LogP contribution in [0.1, 0.15) is 20.3 Å². The van der Waals surface area contributed by atoms with Crippen LogP contribution < -0.4 is 4.90 Å². The third-order valence-corrected chi connectivity index (χ3v) is 5.23. The maximum Gasteiger partial charge on any atom is 0.324 e. The Morgan fingerprint density at radius 3 is 2.62 bits per heavy atom. The summed E-state index contributed by atoms with van der Waals surface area (Å²) in [6.07, 6.45) is 1.80. The molecule has 4 rings (SSSR count). The third kappa shape index (κ3) is 3.70. The Kier molecular flexibility index (Phi) is 5.24. The molecule has 1 fully saturated rings. The second-order valence-electron chi connectivity index (χ2n) is 7.88. The molecule has 2 heterocycles. The summed E-state index contributed by atoms with van der Waals surface area (Å²) in [4.78, 5) is 16.3. The first-order valence-electron chi connectivity index (χ1n) is 9.92. The van der Waals surface area contributed by atoms with Gasteiger partial charge in [-0.2, -0.15) is 5.10 Å². The number of carbonyl (C=O) groups is 1. The van der Waals surface area contributed by atoms with Gasteiger partial charge in [0.1, 0.15) is 11.5 Å². The number of anilines is 1. The summed E-state index contributed by atoms with van der Waals surface area (Å²) in [5, 5.41) is 15.4. The van der Waals surface area contributed by atoms with Crippen molar-refractivity contribution in [2.24, 2.45) is 5.92 Å². The lowest BCUT2D eigenvalue weighted by molar-refractivity contribution is 0.113. The van der Waals surface area contributed by atoms with Gasteiger partial charge in [-0.25, -0.2) is 13.9 Å². The minimum absolute atomic E-state index is 0.126. The first-order valence-corrected chi connectivity index (χ1v) is 9.92. The summed E-state index contributed by atoms with van der Waals surface area (Å²) in [7, 11) is 0. The van der Waals surface area contributed by atoms with E-state index in [2.05, 4.69) is 18.9 Å². The molecule has 1 atom stereocenters. The number of aliphatic hydroxyl groups is 1. The van der Waals surface area contributed by atoms with Crippen LogP contribution in [-0.4, -0.2) is 51.6 Å². The standard InChI is InChI=1S/C22H25FN4O2/c1-15(2)12-16(28)14-25-10-11-26(22(25)29)19-8-5-9-20-17(19)13-24-27(20)21-7-4-3-6-18(21)23/h3-9,13,15-16,28H,10-12,14H2,1-2H3/t16-/m0/s1. The van der Waals surface area contributed by atoms with E-state index >= 15 is 0 Å². The zero-order valence-corrected chi connectivity index (χ0v) is 16.6. The Balaban J connectivity index is 1.62. The van der Waals surface area contributed by atoms with Gasteiger partial charge in [-0.3, -0.25) is 4.90 Å². The minimum Gasteiger partial charge on any atom is -0.391 e. The highest BCUT2D eigenvalue weighted by Crippen LogP contribution is 2.31. The highest BCUT2D eigenvalue weighted by Gasteiger charge is 2.32. The van der Waals surface area contributed by atoms with Gasteiger partial charge < -0.3 is 10.0 Å². The Morgan fingerprint density at radius 1 is 1.10 bits per heavy atom. The number of hydrogen-bond acceptors (Lipinski definition) is 3. The number of amides is 2. The quantitative estimate of drug-likeness (QED) is 0.689. The maximum atomic E-state index is 14.3. The fraction of sp³-hybridized carbons (Fsp3) is 0.364. The van der Waals surface area contributed by atoms with E-state index in [1.807, 2.05) is 18.2 Å². The smallest absolute Gasteiger partial charge is 0.324 e. The van der Waals surface area contributed by atoms with Crippen LogP contribution >= 0.6 is 0 Å². The lowest BCUT2D eigenvalue weighted by Crippen LogP contribution is -2.37. The number of halogens is 1. The molecule has 0 aliphatic carbocycles. The van der Waals surface area contributed by atoms with Crippen molar-refractivity contribution in [1.82, 2.24) is 14.7 Å². The van der Waals surface area contributed by atoms with Crippen molar-refractivity contribution in [3.8, 4) is 5.69 Å². The number of urea groups is 1. The molecule has 2 aromatic carbocycles. The number of nitrogens with zero attached hydrogens (tertiary/aromatic N) is 4. The van der Waals surface area contributed by atoms with Crippen LogP contribution in [0.3, 0.4) is 0 Å². The van der Waals surface area contributed by atoms with Crippen LogP contribution in [-0.2, 0) is 0 Å². The van der Waals surface area contributed by atoms with Crippen LogP contribution in [0.4, 0.5) is 14.9 Å². The van der Waals surface area contributed by atoms with E-state index in [0.29, 0.717) is 37.7 Å². The number of fused-ring (bicyclic) bond motifs is 1. The third-order valence-electron chi connectivity index (χ3n) is 5.23. The number of rotatable bonds is 6. The van der Waals surface area contributed by atoms with Gasteiger partial charge in [-0.15, -0.1) is 0 Å². The molecule has 1 aliphatic heterocycles. The number of para-hydroxylation sites is 1. The second-order valence-corrected chi connectivity index (χ2v) is 7.88. The largest absolute Gasteiger partial charge is 0.391 e. The molecule has 1 saturated heterocycles. The van der Waals surface area contributed by atoms with E-state index in [9.17, 15) is 14.3 Å². The zero-order valence-electron chi connectivity index (χ0n) is 16.6. The molecule has 3 aromatic rings. The summed E-state index contributed by atoms with van der Waals surface area (Å²) < 4.78 is 15.8. The van der Waals surface area contributed by atoms with E-state index in [1.54, 1.807) is 38.9 Å². The lowest BCUT2D eigenvalue weighted by Gasteiger charge is -2.22. The van der Waals surface area contributed by atoms with Crippen LogP contribution in [0.15, 0.2) is 48.7 Å². The summed E-state index contributed by atoms with van der Waals surface area (Å²) >= 11 is 0. The van der Waals surface area contributed by atoms with Gasteiger partial charge in [0.05, 0.1) is 23.5 Å². The molecule has 7 heteroatoms. The fourth-order valence-electron chi connectivity index (χ4n) is 3.94. The molecule has 0 bridgehead atoms. The molecule has 1 aliphatic rings. The van der Waals surface area contributed by atoms with Gasteiger partial charge >= 0.3 is 6.03 Å². The Hall–Kier alpha value is -2.93. The summed E-state index contributed by atoms with van der Waals surface area (Å²) in [6, 6.07) is 11.9. The Labute approximate surface area is 169 Å². The molecule has 0 spiro atoms. The first kappa shape index (κ1) is 19.4. The predicted molar refractivity (Wildman–Crippen MR) is 111 cm³/mol. The van der Waals surface area contributed by atoms with E-state index in [4.69, 9.17) is 0 Å². The predicted octanol–water partition coefficient (Wildman–Crippen LogP) is 3.81. The average Bonchev–Trinajstić information content (AvgIpc) is 3.26. The number of β-amino-alcohol motifs (C(OH)–C–C–N with tert-alkyl or cyclic N) is 1. The molecule has 6 nitrogen and oxygen atoms in total. The van der Waals surface area contributed by atoms with Crippen molar-refractivity contribution in [2.75, 3.05) is 24.5 Å². The van der Waals surface area contributed by atoms with Gasteiger partial charge in [0.15, 0.2) is 0 Å². The molecule has 1 N–H and O–H groups in total. The van der Waals surface area contributed by atoms with Crippen molar-refractivity contribution < 1.29 is 14.3 Å². The fourth-order valence-corrected chi connectivity index (χ4v) is 3.94. The Morgan fingerprint density at radius 2 is 1.86 bits per heavy atom. The normalized spacial score (nSPS) is 15.7. The van der Waals surface area contributed by atoms with Gasteiger partial charge in [0.25, 0.3) is 0 Å². The monoisotopic (exact) mass is 396 g/mol. The van der Waals surface area contributed by atoms with Gasteiger partial charge in [0, 0.05) is 25.0 Å². The summed E-state index contributed by atoms with van der Waals surface area (Å²) in [5.74, 6) is 0.0160. The number of aliphatic hydroxyl groups excluding tert-OH is 1. The minimum atomic E-state index is -0.529. The first-order chi connectivity index (χ1) is 14.0. The highest BCUT2D eigenvalue weighted by atomic mass is 19.1. The second kappa shape index (κ2) is 7.83. The van der Waals surface area contributed by atoms with Crippen LogP contribution in [0, 0.1) is 11.7 Å². The van der Waals surface area contributed by atoms with E-state index in [1.165, 1.54) is 6.07 Å². The summed E-state index contributed by atoms with van der Waals surface area (Å²) in [6.45, 7) is 5.53. The lowest BCUT2D eigenvalue weighted by atomic mass is 10.1. The molecule has 2 amide bonds. The number of benzene rings is 2. The molecule has 152 valence electrons. The van der Waals surface area contributed by atoms with Crippen LogP contribution in [0.2, 0.25) is 0 Å². The van der Waals surface area contributed by atoms with Gasteiger partial charge in [-0.05, 0) is 36.6 Å². The topological polar surface area (TPSA) is 61.6 Å². The molecular formula is C22H25FN4O2. The molecule has 1 aromatic heterocycles. The molecule has 0 saturated carbocycles. The molecule has 29 heavy (non-hydrogen) atoms. The van der Waals surface area contributed by atoms with Crippen molar-refractivity contribution in [3.63, 3.8) is 0 Å². The van der Waals surface area contributed by atoms with Crippen LogP contribution in [0.25, 0.3) is 16.6 Å². The average molecular weight is 396 g/mol. The zero-order chi connectivity index (χ0) is 20.5. The van der Waals surface area contributed by atoms with Crippen molar-refractivity contribution in [3.05, 3.63) is 54.5 Å². The maximum absolute atomic E-state index is 14.3. The highest BCUT2D eigenvalue weighted by molar-refractivity contribution is 6.03. The number of carbonyl (C=O) groups excluding carboxylic acids is 1. The SMILES string of the molecule is CC(C)C[C@H](O)CN1CCN(c2cccc3c2cnn3-c2ccccc2F)C1=O.